The summed E-state index contributed by atoms with van der Waals surface area (Å²) in [5.41, 5.74) is 16.8. The molecule has 0 amide bonds. The normalized spacial score (nSPS) is 28.4. The number of hydrogen-bond donors (Lipinski definition) is 0. The van der Waals surface area contributed by atoms with Crippen molar-refractivity contribution in [2.45, 2.75) is 37.3 Å². The molecule has 1 aliphatic rings. The molecule has 2 nitrogen and oxygen atoms in total. The zero-order valence-corrected chi connectivity index (χ0v) is 13.1. The zero-order valence-electron chi connectivity index (χ0n) is 9.31. The molecule has 17 heavy (non-hydrogen) atoms. The summed E-state index contributed by atoms with van der Waals surface area (Å²) in [6.45, 7) is 0. The van der Waals surface area contributed by atoms with Gasteiger partial charge in [0.2, 0.25) is 0 Å². The fraction of sp³-hybridized carbons (Fsp3) is 0.500. The molecule has 5 heteroatoms. The van der Waals surface area contributed by atoms with E-state index in [1.165, 1.54) is 5.56 Å². The summed E-state index contributed by atoms with van der Waals surface area (Å²) in [4.78, 5) is 0. The Hall–Kier alpha value is 0.408. The third-order valence-electron chi connectivity index (χ3n) is 3.12. The summed E-state index contributed by atoms with van der Waals surface area (Å²) in [5.74, 6) is 0.514. The summed E-state index contributed by atoms with van der Waals surface area (Å²) >= 11 is -0.472. The van der Waals surface area contributed by atoms with Gasteiger partial charge in [0.15, 0.2) is 0 Å². The standard InChI is InChI=1S/C12H16N2.2ClH.Pt/c13-11-7-6-10(8-12(11)14)9-4-2-1-3-5-9;;;/h1-5,10-14H,6-8H2;2*1H;/q-2;;;+4/p-2. The zero-order chi connectivity index (χ0) is 12.7. The molecule has 0 saturated heterocycles. The van der Waals surface area contributed by atoms with Crippen LogP contribution in [0.15, 0.2) is 30.3 Å². The molecule has 1 saturated carbocycles. The van der Waals surface area contributed by atoms with Gasteiger partial charge in [-0.3, -0.25) is 0 Å². The summed E-state index contributed by atoms with van der Waals surface area (Å²) in [5, 5.41) is 0. The monoisotopic (exact) mass is 453 g/mol. The largest absolute Gasteiger partial charge is 0.676 e. The van der Waals surface area contributed by atoms with Gasteiger partial charge in [-0.2, -0.15) is 12.1 Å². The minimum Gasteiger partial charge on any atom is -0.676 e. The minimum absolute atomic E-state index is 0.157. The fourth-order valence-corrected chi connectivity index (χ4v) is 2.20. The van der Waals surface area contributed by atoms with Crippen molar-refractivity contribution in [3.05, 3.63) is 47.4 Å². The van der Waals surface area contributed by atoms with E-state index in [4.69, 9.17) is 30.3 Å². The summed E-state index contributed by atoms with van der Waals surface area (Å²) in [6.07, 6.45) is 2.82. The number of nitrogens with one attached hydrogen (secondary N) is 2. The second kappa shape index (κ2) is 8.50. The molecule has 2 rings (SSSR count). The van der Waals surface area contributed by atoms with Crippen molar-refractivity contribution in [1.29, 1.82) is 0 Å². The Morgan fingerprint density at radius 2 is 1.59 bits per heavy atom. The molecule has 0 spiro atoms. The van der Waals surface area contributed by atoms with Gasteiger partial charge in [-0.25, -0.2) is 0 Å². The number of rotatable bonds is 1. The molecule has 3 unspecified atom stereocenters. The van der Waals surface area contributed by atoms with Crippen molar-refractivity contribution in [1.82, 2.24) is 0 Å². The third-order valence-corrected chi connectivity index (χ3v) is 3.12. The molecule has 1 aliphatic carbocycles. The van der Waals surface area contributed by atoms with Crippen LogP contribution < -0.4 is 0 Å². The molecule has 1 fully saturated rings. The van der Waals surface area contributed by atoms with Crippen LogP contribution in [-0.2, 0) is 16.5 Å². The fourth-order valence-electron chi connectivity index (χ4n) is 2.20. The molecule has 0 bridgehead atoms. The summed E-state index contributed by atoms with van der Waals surface area (Å²) in [6, 6.07) is 10.1. The first-order valence-corrected chi connectivity index (χ1v) is 11.1. The first kappa shape index (κ1) is 15.5. The van der Waals surface area contributed by atoms with E-state index in [0.717, 1.165) is 19.3 Å². The maximum absolute atomic E-state index is 7.77. The average Bonchev–Trinajstić information content (AvgIpc) is 2.35. The smallest absolute Gasteiger partial charge is 0.0177 e. The van der Waals surface area contributed by atoms with Crippen molar-refractivity contribution in [3.63, 3.8) is 0 Å². The maximum Gasteiger partial charge on any atom is -0.0177 e. The van der Waals surface area contributed by atoms with E-state index in [9.17, 15) is 0 Å². The van der Waals surface area contributed by atoms with Crippen LogP contribution in [0, 0.1) is 0 Å². The Balaban J connectivity index is 0.000000437. The number of hydrogen-bond acceptors (Lipinski definition) is 0. The van der Waals surface area contributed by atoms with Crippen molar-refractivity contribution in [2.24, 2.45) is 0 Å². The molecule has 3 atom stereocenters. The first-order valence-electron chi connectivity index (χ1n) is 5.48. The first-order chi connectivity index (χ1) is 8.19. The maximum atomic E-state index is 7.77. The number of benzene rings is 1. The van der Waals surface area contributed by atoms with Gasteiger partial charge >= 0.3 is 35.3 Å². The Labute approximate surface area is 119 Å². The molecular formula is C12H16Cl2N2Pt. The second-order valence-electron chi connectivity index (χ2n) is 4.18. The Bertz CT molecular complexity index is 311. The van der Waals surface area contributed by atoms with E-state index in [-0.39, 0.29) is 12.1 Å². The quantitative estimate of drug-likeness (QED) is 0.562. The summed E-state index contributed by atoms with van der Waals surface area (Å²) < 4.78 is 0. The predicted molar refractivity (Wildman–Crippen MR) is 71.0 cm³/mol. The average molecular weight is 454 g/mol. The van der Waals surface area contributed by atoms with Crippen molar-refractivity contribution in [3.8, 4) is 0 Å². The number of halogens is 2. The topological polar surface area (TPSA) is 47.6 Å². The Kier molecular flexibility index (Phi) is 7.73. The van der Waals surface area contributed by atoms with E-state index < -0.39 is 16.5 Å². The van der Waals surface area contributed by atoms with Gasteiger partial charge < -0.3 is 11.5 Å². The SMILES string of the molecule is [Cl][Pt+2][Cl].[NH-]C1CCC(c2ccccc2)CC1[NH-]. The summed E-state index contributed by atoms with van der Waals surface area (Å²) in [7, 11) is 9.75. The van der Waals surface area contributed by atoms with Gasteiger partial charge in [-0.15, -0.1) is 0 Å². The van der Waals surface area contributed by atoms with Crippen molar-refractivity contribution < 1.29 is 16.5 Å². The molecule has 0 radical (unpaired) electrons. The third kappa shape index (κ3) is 5.28. The van der Waals surface area contributed by atoms with E-state index in [1.807, 2.05) is 6.07 Å². The Morgan fingerprint density at radius 1 is 1.00 bits per heavy atom. The van der Waals surface area contributed by atoms with Crippen LogP contribution in [0.2, 0.25) is 0 Å². The van der Waals surface area contributed by atoms with Crippen LogP contribution >= 0.6 is 18.8 Å². The van der Waals surface area contributed by atoms with Crippen LogP contribution in [0.3, 0.4) is 0 Å². The van der Waals surface area contributed by atoms with Crippen LogP contribution in [0.5, 0.6) is 0 Å². The van der Waals surface area contributed by atoms with E-state index in [2.05, 4.69) is 24.3 Å². The van der Waals surface area contributed by atoms with Crippen molar-refractivity contribution >= 4 is 18.8 Å². The van der Waals surface area contributed by atoms with E-state index in [0.29, 0.717) is 5.92 Å². The van der Waals surface area contributed by atoms with Gasteiger partial charge in [-0.1, -0.05) is 43.2 Å². The molecule has 2 N–H and O–H groups in total. The van der Waals surface area contributed by atoms with Gasteiger partial charge in [0.25, 0.3) is 0 Å². The molecular weight excluding hydrogens is 438 g/mol. The van der Waals surface area contributed by atoms with Crippen molar-refractivity contribution in [2.75, 3.05) is 0 Å². The van der Waals surface area contributed by atoms with Gasteiger partial charge in [0, 0.05) is 0 Å². The molecule has 0 aliphatic heterocycles. The molecule has 0 aromatic heterocycles. The van der Waals surface area contributed by atoms with Crippen LogP contribution in [0.25, 0.3) is 11.5 Å². The van der Waals surface area contributed by atoms with E-state index in [1.54, 1.807) is 0 Å². The molecule has 98 valence electrons. The molecule has 1 aromatic carbocycles. The van der Waals surface area contributed by atoms with Gasteiger partial charge in [0.1, 0.15) is 0 Å². The van der Waals surface area contributed by atoms with Gasteiger partial charge in [-0.05, 0) is 17.9 Å². The van der Waals surface area contributed by atoms with Crippen LogP contribution in [0.4, 0.5) is 0 Å². The second-order valence-corrected chi connectivity index (χ2v) is 7.46. The van der Waals surface area contributed by atoms with Crippen LogP contribution in [-0.4, -0.2) is 12.1 Å². The van der Waals surface area contributed by atoms with Gasteiger partial charge in [0.05, 0.1) is 0 Å². The molecule has 1 aromatic rings. The predicted octanol–water partition coefficient (Wildman–Crippen LogP) is 5.17. The minimum atomic E-state index is -0.472. The van der Waals surface area contributed by atoms with E-state index >= 15 is 0 Å². The molecule has 0 heterocycles. The van der Waals surface area contributed by atoms with Crippen LogP contribution in [0.1, 0.15) is 30.7 Å². The Morgan fingerprint density at radius 3 is 2.12 bits per heavy atom.